The van der Waals surface area contributed by atoms with Gasteiger partial charge in [-0.05, 0) is 30.2 Å². The minimum absolute atomic E-state index is 0.0582. The Bertz CT molecular complexity index is 418. The zero-order valence-electron chi connectivity index (χ0n) is 13.5. The summed E-state index contributed by atoms with van der Waals surface area (Å²) >= 11 is 0. The lowest BCUT2D eigenvalue weighted by atomic mass is 10.2. The number of nitrogens with one attached hydrogen (secondary N) is 2. The van der Waals surface area contributed by atoms with Crippen molar-refractivity contribution in [1.82, 2.24) is 15.5 Å². The average molecular weight is 293 g/mol. The number of ether oxygens (including phenoxy) is 1. The Morgan fingerprint density at radius 2 is 1.90 bits per heavy atom. The molecule has 0 saturated heterocycles. The molecule has 0 aliphatic carbocycles. The van der Waals surface area contributed by atoms with Crippen molar-refractivity contribution in [3.63, 3.8) is 0 Å². The minimum atomic E-state index is -0.0582. The van der Waals surface area contributed by atoms with Crippen LogP contribution < -0.4 is 15.4 Å². The van der Waals surface area contributed by atoms with Crippen LogP contribution >= 0.6 is 0 Å². The second-order valence-corrected chi connectivity index (χ2v) is 5.53. The van der Waals surface area contributed by atoms with Crippen molar-refractivity contribution >= 4 is 6.03 Å². The quantitative estimate of drug-likeness (QED) is 0.722. The lowest BCUT2D eigenvalue weighted by molar-refractivity contribution is 0.207. The lowest BCUT2D eigenvalue weighted by Gasteiger charge is -2.18. The molecule has 0 aromatic heterocycles. The molecule has 1 aromatic carbocycles. The van der Waals surface area contributed by atoms with E-state index in [1.165, 1.54) is 0 Å². The van der Waals surface area contributed by atoms with Crippen LogP contribution in [0.4, 0.5) is 4.79 Å². The summed E-state index contributed by atoms with van der Waals surface area (Å²) in [6, 6.07) is 7.67. The molecule has 0 aliphatic heterocycles. The predicted molar refractivity (Wildman–Crippen MR) is 85.6 cm³/mol. The van der Waals surface area contributed by atoms with Gasteiger partial charge in [-0.25, -0.2) is 4.79 Å². The molecule has 0 spiro atoms. The van der Waals surface area contributed by atoms with Gasteiger partial charge in [-0.2, -0.15) is 0 Å². The van der Waals surface area contributed by atoms with Crippen LogP contribution in [0.2, 0.25) is 0 Å². The standard InChI is InChI=1S/C16H27N3O2/c1-13(2)11-17-9-10-18-16(20)19(3)12-14-5-7-15(21-4)8-6-14/h5-8,13,17H,9-12H2,1-4H3,(H,18,20). The Hall–Kier alpha value is -1.75. The molecule has 2 amide bonds. The van der Waals surface area contributed by atoms with E-state index in [2.05, 4.69) is 24.5 Å². The van der Waals surface area contributed by atoms with Crippen molar-refractivity contribution in [2.75, 3.05) is 33.8 Å². The van der Waals surface area contributed by atoms with Crippen LogP contribution in [0.5, 0.6) is 5.75 Å². The maximum atomic E-state index is 11.9. The van der Waals surface area contributed by atoms with Gasteiger partial charge in [-0.15, -0.1) is 0 Å². The number of carbonyl (C=O) groups excluding carboxylic acids is 1. The molecule has 0 unspecified atom stereocenters. The van der Waals surface area contributed by atoms with E-state index in [4.69, 9.17) is 4.74 Å². The van der Waals surface area contributed by atoms with Crippen LogP contribution in [0, 0.1) is 5.92 Å². The highest BCUT2D eigenvalue weighted by molar-refractivity contribution is 5.73. The Balaban J connectivity index is 2.26. The van der Waals surface area contributed by atoms with Gasteiger partial charge in [0.2, 0.25) is 0 Å². The summed E-state index contributed by atoms with van der Waals surface area (Å²) in [4.78, 5) is 13.6. The highest BCUT2D eigenvalue weighted by Crippen LogP contribution is 2.12. The largest absolute Gasteiger partial charge is 0.497 e. The first-order valence-electron chi connectivity index (χ1n) is 7.35. The summed E-state index contributed by atoms with van der Waals surface area (Å²) in [6.45, 7) is 7.30. The summed E-state index contributed by atoms with van der Waals surface area (Å²) in [5, 5.41) is 6.19. The zero-order valence-corrected chi connectivity index (χ0v) is 13.5. The molecule has 0 saturated carbocycles. The van der Waals surface area contributed by atoms with Crippen molar-refractivity contribution in [3.05, 3.63) is 29.8 Å². The van der Waals surface area contributed by atoms with E-state index in [0.717, 1.165) is 24.4 Å². The third-order valence-electron chi connectivity index (χ3n) is 3.06. The Labute approximate surface area is 127 Å². The number of rotatable bonds is 8. The Morgan fingerprint density at radius 1 is 1.24 bits per heavy atom. The fourth-order valence-corrected chi connectivity index (χ4v) is 1.86. The molecule has 118 valence electrons. The average Bonchev–Trinajstić information content (AvgIpc) is 2.47. The number of hydrogen-bond acceptors (Lipinski definition) is 3. The minimum Gasteiger partial charge on any atom is -0.497 e. The molecule has 5 heteroatoms. The van der Waals surface area contributed by atoms with Gasteiger partial charge in [0.25, 0.3) is 0 Å². The molecule has 0 atom stereocenters. The molecule has 5 nitrogen and oxygen atoms in total. The number of methoxy groups -OCH3 is 1. The van der Waals surface area contributed by atoms with Crippen molar-refractivity contribution < 1.29 is 9.53 Å². The van der Waals surface area contributed by atoms with Gasteiger partial charge >= 0.3 is 6.03 Å². The normalized spacial score (nSPS) is 10.5. The van der Waals surface area contributed by atoms with Gasteiger partial charge in [-0.3, -0.25) is 0 Å². The Morgan fingerprint density at radius 3 is 2.48 bits per heavy atom. The highest BCUT2D eigenvalue weighted by atomic mass is 16.5. The van der Waals surface area contributed by atoms with Crippen LogP contribution in [0.25, 0.3) is 0 Å². The van der Waals surface area contributed by atoms with Gasteiger partial charge in [0, 0.05) is 26.7 Å². The van der Waals surface area contributed by atoms with E-state index >= 15 is 0 Å². The zero-order chi connectivity index (χ0) is 15.7. The molecular weight excluding hydrogens is 266 g/mol. The SMILES string of the molecule is COc1ccc(CN(C)C(=O)NCCNCC(C)C)cc1. The molecule has 21 heavy (non-hydrogen) atoms. The molecule has 0 fully saturated rings. The first kappa shape index (κ1) is 17.3. The third-order valence-corrected chi connectivity index (χ3v) is 3.06. The van der Waals surface area contributed by atoms with E-state index in [-0.39, 0.29) is 6.03 Å². The number of carbonyl (C=O) groups is 1. The van der Waals surface area contributed by atoms with E-state index in [1.54, 1.807) is 19.1 Å². The first-order chi connectivity index (χ1) is 10.0. The molecule has 0 aliphatic rings. The summed E-state index contributed by atoms with van der Waals surface area (Å²) in [6.07, 6.45) is 0. The molecule has 0 bridgehead atoms. The fraction of sp³-hybridized carbons (Fsp3) is 0.562. The van der Waals surface area contributed by atoms with Crippen LogP contribution in [-0.2, 0) is 6.54 Å². The molecule has 1 rings (SSSR count). The lowest BCUT2D eigenvalue weighted by Crippen LogP contribution is -2.40. The van der Waals surface area contributed by atoms with Crippen LogP contribution in [0.15, 0.2) is 24.3 Å². The second kappa shape index (κ2) is 9.23. The predicted octanol–water partition coefficient (Wildman–Crippen LogP) is 2.08. The van der Waals surface area contributed by atoms with Crippen molar-refractivity contribution in [3.8, 4) is 5.75 Å². The smallest absolute Gasteiger partial charge is 0.317 e. The summed E-state index contributed by atoms with van der Waals surface area (Å²) in [5.41, 5.74) is 1.08. The maximum absolute atomic E-state index is 11.9. The van der Waals surface area contributed by atoms with E-state index in [9.17, 15) is 4.79 Å². The van der Waals surface area contributed by atoms with Gasteiger partial charge in [0.05, 0.1) is 7.11 Å². The second-order valence-electron chi connectivity index (χ2n) is 5.53. The van der Waals surface area contributed by atoms with Gasteiger partial charge in [0.15, 0.2) is 0 Å². The van der Waals surface area contributed by atoms with Crippen molar-refractivity contribution in [2.45, 2.75) is 20.4 Å². The highest BCUT2D eigenvalue weighted by Gasteiger charge is 2.08. The molecule has 1 aromatic rings. The molecular formula is C16H27N3O2. The number of urea groups is 1. The summed E-state index contributed by atoms with van der Waals surface area (Å²) < 4.78 is 5.11. The van der Waals surface area contributed by atoms with Crippen molar-refractivity contribution in [1.29, 1.82) is 0 Å². The number of amides is 2. The fourth-order valence-electron chi connectivity index (χ4n) is 1.86. The number of benzene rings is 1. The van der Waals surface area contributed by atoms with E-state index in [0.29, 0.717) is 19.0 Å². The molecule has 2 N–H and O–H groups in total. The van der Waals surface area contributed by atoms with Crippen molar-refractivity contribution in [2.24, 2.45) is 5.92 Å². The van der Waals surface area contributed by atoms with Gasteiger partial charge in [-0.1, -0.05) is 26.0 Å². The monoisotopic (exact) mass is 293 g/mol. The Kier molecular flexibility index (Phi) is 7.61. The maximum Gasteiger partial charge on any atom is 0.317 e. The van der Waals surface area contributed by atoms with E-state index in [1.807, 2.05) is 24.3 Å². The third kappa shape index (κ3) is 6.99. The summed E-state index contributed by atoms with van der Waals surface area (Å²) in [5.74, 6) is 1.44. The number of nitrogens with zero attached hydrogens (tertiary/aromatic N) is 1. The van der Waals surface area contributed by atoms with E-state index < -0.39 is 0 Å². The van der Waals surface area contributed by atoms with Crippen LogP contribution in [-0.4, -0.2) is 44.7 Å². The summed E-state index contributed by atoms with van der Waals surface area (Å²) in [7, 11) is 3.43. The molecule has 0 heterocycles. The molecule has 0 radical (unpaired) electrons. The van der Waals surface area contributed by atoms with Crippen LogP contribution in [0.1, 0.15) is 19.4 Å². The number of hydrogen-bond donors (Lipinski definition) is 2. The van der Waals surface area contributed by atoms with Crippen LogP contribution in [0.3, 0.4) is 0 Å². The van der Waals surface area contributed by atoms with Gasteiger partial charge in [0.1, 0.15) is 5.75 Å². The van der Waals surface area contributed by atoms with Gasteiger partial charge < -0.3 is 20.3 Å². The topological polar surface area (TPSA) is 53.6 Å². The first-order valence-corrected chi connectivity index (χ1v) is 7.35.